The number of anilines is 1. The van der Waals surface area contributed by atoms with Gasteiger partial charge >= 0.3 is 0 Å². The fourth-order valence-electron chi connectivity index (χ4n) is 3.73. The molecule has 1 N–H and O–H groups in total. The number of nitrogens with zero attached hydrogens (tertiary/aromatic N) is 2. The van der Waals surface area contributed by atoms with E-state index in [4.69, 9.17) is 23.2 Å². The molecule has 198 valence electrons. The molecular formula is C26H35Cl2N3O4S. The Morgan fingerprint density at radius 2 is 1.61 bits per heavy atom. The summed E-state index contributed by atoms with van der Waals surface area (Å²) in [7, 11) is -3.56. The van der Waals surface area contributed by atoms with E-state index in [1.165, 1.54) is 9.21 Å². The van der Waals surface area contributed by atoms with Gasteiger partial charge in [-0.25, -0.2) is 8.42 Å². The predicted octanol–water partition coefficient (Wildman–Crippen LogP) is 5.10. The minimum absolute atomic E-state index is 0.0399. The van der Waals surface area contributed by atoms with Gasteiger partial charge in [-0.05, 0) is 76.4 Å². The SMILES string of the molecule is Cc1ccc(N(CCCC(=O)N(Cc2c(Cl)cccc2Cl)[C@H](C)C(=O)NC(C)C)S(C)(=O)=O)cc1C. The Morgan fingerprint density at radius 1 is 1.00 bits per heavy atom. The van der Waals surface area contributed by atoms with Gasteiger partial charge in [-0.1, -0.05) is 35.3 Å². The summed E-state index contributed by atoms with van der Waals surface area (Å²) >= 11 is 12.7. The molecule has 1 atom stereocenters. The molecule has 2 aromatic rings. The molecule has 2 rings (SSSR count). The third kappa shape index (κ3) is 8.11. The average molecular weight is 557 g/mol. The molecule has 0 aliphatic rings. The zero-order chi connectivity index (χ0) is 27.2. The Bertz CT molecular complexity index is 1180. The lowest BCUT2D eigenvalue weighted by Gasteiger charge is -2.30. The molecule has 0 saturated heterocycles. The van der Waals surface area contributed by atoms with Gasteiger partial charge in [-0.3, -0.25) is 13.9 Å². The summed E-state index contributed by atoms with van der Waals surface area (Å²) in [5.41, 5.74) is 3.14. The van der Waals surface area contributed by atoms with Crippen LogP contribution in [-0.4, -0.2) is 50.0 Å². The highest BCUT2D eigenvalue weighted by Gasteiger charge is 2.28. The maximum Gasteiger partial charge on any atom is 0.242 e. The summed E-state index contributed by atoms with van der Waals surface area (Å²) < 4.78 is 26.3. The fourth-order valence-corrected chi connectivity index (χ4v) is 5.20. The van der Waals surface area contributed by atoms with Gasteiger partial charge in [0.1, 0.15) is 6.04 Å². The molecule has 0 fully saturated rings. The van der Waals surface area contributed by atoms with E-state index in [1.54, 1.807) is 31.2 Å². The first-order valence-electron chi connectivity index (χ1n) is 11.8. The standard InChI is InChI=1S/C26H35Cl2N3O4S/c1-17(2)29-26(33)20(5)30(16-22-23(27)9-7-10-24(22)28)25(32)11-8-14-31(36(6,34)35)21-13-12-18(3)19(4)15-21/h7,9-10,12-13,15,17,20H,8,11,14,16H2,1-6H3,(H,29,33)/t20-/m1/s1. The number of hydrogen-bond donors (Lipinski definition) is 1. The predicted molar refractivity (Wildman–Crippen MR) is 147 cm³/mol. The molecular weight excluding hydrogens is 521 g/mol. The average Bonchev–Trinajstić information content (AvgIpc) is 2.76. The van der Waals surface area contributed by atoms with Crippen LogP contribution in [0.25, 0.3) is 0 Å². The number of sulfonamides is 1. The monoisotopic (exact) mass is 555 g/mol. The van der Waals surface area contributed by atoms with E-state index in [-0.39, 0.29) is 43.8 Å². The first-order valence-corrected chi connectivity index (χ1v) is 14.4. The molecule has 0 unspecified atom stereocenters. The molecule has 36 heavy (non-hydrogen) atoms. The van der Waals surface area contributed by atoms with Crippen LogP contribution in [0.2, 0.25) is 10.0 Å². The van der Waals surface area contributed by atoms with Crippen LogP contribution in [0.3, 0.4) is 0 Å². The molecule has 2 amide bonds. The number of aryl methyl sites for hydroxylation is 2. The number of halogens is 2. The summed E-state index contributed by atoms with van der Waals surface area (Å²) in [5.74, 6) is -0.597. The van der Waals surface area contributed by atoms with Crippen LogP contribution in [0.15, 0.2) is 36.4 Å². The Labute approximate surface area is 224 Å². The quantitative estimate of drug-likeness (QED) is 0.418. The number of benzene rings is 2. The molecule has 0 spiro atoms. The largest absolute Gasteiger partial charge is 0.352 e. The van der Waals surface area contributed by atoms with E-state index in [9.17, 15) is 18.0 Å². The number of carbonyl (C=O) groups excluding carboxylic acids is 2. The van der Waals surface area contributed by atoms with Crippen LogP contribution in [-0.2, 0) is 26.2 Å². The Morgan fingerprint density at radius 3 is 2.14 bits per heavy atom. The maximum absolute atomic E-state index is 13.4. The van der Waals surface area contributed by atoms with E-state index in [0.29, 0.717) is 21.3 Å². The van der Waals surface area contributed by atoms with Gasteiger partial charge in [0.2, 0.25) is 21.8 Å². The van der Waals surface area contributed by atoms with E-state index >= 15 is 0 Å². The molecule has 0 radical (unpaired) electrons. The van der Waals surface area contributed by atoms with Crippen molar-refractivity contribution < 1.29 is 18.0 Å². The van der Waals surface area contributed by atoms with Crippen LogP contribution in [0, 0.1) is 13.8 Å². The molecule has 0 aliphatic heterocycles. The summed E-state index contributed by atoms with van der Waals surface area (Å²) in [6.07, 6.45) is 1.45. The highest BCUT2D eigenvalue weighted by molar-refractivity contribution is 7.92. The second-order valence-corrected chi connectivity index (χ2v) is 12.0. The lowest BCUT2D eigenvalue weighted by Crippen LogP contribution is -2.49. The Balaban J connectivity index is 2.24. The molecule has 10 heteroatoms. The summed E-state index contributed by atoms with van der Waals surface area (Å²) in [5, 5.41) is 3.63. The van der Waals surface area contributed by atoms with Crippen molar-refractivity contribution in [2.75, 3.05) is 17.1 Å². The van der Waals surface area contributed by atoms with Crippen molar-refractivity contribution in [3.05, 3.63) is 63.1 Å². The van der Waals surface area contributed by atoms with Gasteiger partial charge in [-0.2, -0.15) is 0 Å². The van der Waals surface area contributed by atoms with Gasteiger partial charge in [0.15, 0.2) is 0 Å². The highest BCUT2D eigenvalue weighted by atomic mass is 35.5. The van der Waals surface area contributed by atoms with Crippen molar-refractivity contribution in [2.24, 2.45) is 0 Å². The first-order chi connectivity index (χ1) is 16.7. The molecule has 0 aromatic heterocycles. The molecule has 7 nitrogen and oxygen atoms in total. The van der Waals surface area contributed by atoms with Crippen molar-refractivity contribution in [1.82, 2.24) is 10.2 Å². The number of carbonyl (C=O) groups is 2. The highest BCUT2D eigenvalue weighted by Crippen LogP contribution is 2.27. The van der Waals surface area contributed by atoms with Gasteiger partial charge in [-0.15, -0.1) is 0 Å². The number of hydrogen-bond acceptors (Lipinski definition) is 4. The first kappa shape index (κ1) is 29.9. The van der Waals surface area contributed by atoms with Gasteiger partial charge in [0.05, 0.1) is 11.9 Å². The normalized spacial score (nSPS) is 12.4. The van der Waals surface area contributed by atoms with E-state index in [1.807, 2.05) is 39.8 Å². The number of nitrogens with one attached hydrogen (secondary N) is 1. The van der Waals surface area contributed by atoms with Crippen molar-refractivity contribution >= 4 is 50.7 Å². The van der Waals surface area contributed by atoms with Crippen LogP contribution >= 0.6 is 23.2 Å². The maximum atomic E-state index is 13.4. The van der Waals surface area contributed by atoms with Crippen LogP contribution in [0.4, 0.5) is 5.69 Å². The van der Waals surface area contributed by atoms with Crippen LogP contribution in [0.1, 0.15) is 50.3 Å². The van der Waals surface area contributed by atoms with E-state index in [2.05, 4.69) is 5.32 Å². The van der Waals surface area contributed by atoms with Crippen LogP contribution in [0.5, 0.6) is 0 Å². The van der Waals surface area contributed by atoms with Crippen LogP contribution < -0.4 is 9.62 Å². The molecule has 2 aromatic carbocycles. The molecule has 0 bridgehead atoms. The molecule has 0 heterocycles. The molecule has 0 aliphatic carbocycles. The Hall–Kier alpha value is -2.29. The lowest BCUT2D eigenvalue weighted by molar-refractivity contribution is -0.140. The smallest absolute Gasteiger partial charge is 0.242 e. The third-order valence-corrected chi connectivity index (χ3v) is 7.82. The van der Waals surface area contributed by atoms with Crippen molar-refractivity contribution in [2.45, 2.75) is 66.1 Å². The van der Waals surface area contributed by atoms with Gasteiger partial charge < -0.3 is 10.2 Å². The number of rotatable bonds is 11. The van der Waals surface area contributed by atoms with E-state index < -0.39 is 16.1 Å². The summed E-state index contributed by atoms with van der Waals surface area (Å²) in [6.45, 7) is 9.39. The van der Waals surface area contributed by atoms with Crippen molar-refractivity contribution in [3.8, 4) is 0 Å². The Kier molecular flexibility index (Phi) is 10.6. The van der Waals surface area contributed by atoms with E-state index in [0.717, 1.165) is 17.4 Å². The fraction of sp³-hybridized carbons (Fsp3) is 0.462. The van der Waals surface area contributed by atoms with Gasteiger partial charge in [0.25, 0.3) is 0 Å². The minimum Gasteiger partial charge on any atom is -0.352 e. The zero-order valence-electron chi connectivity index (χ0n) is 21.6. The van der Waals surface area contributed by atoms with Crippen molar-refractivity contribution in [1.29, 1.82) is 0 Å². The van der Waals surface area contributed by atoms with Gasteiger partial charge in [0, 0.05) is 41.2 Å². The molecule has 0 saturated carbocycles. The summed E-state index contributed by atoms with van der Waals surface area (Å²) in [4.78, 5) is 27.6. The minimum atomic E-state index is -3.56. The third-order valence-electron chi connectivity index (χ3n) is 5.92. The topological polar surface area (TPSA) is 86.8 Å². The zero-order valence-corrected chi connectivity index (χ0v) is 24.0. The second kappa shape index (κ2) is 12.8. The second-order valence-electron chi connectivity index (χ2n) is 9.27. The van der Waals surface area contributed by atoms with Crippen molar-refractivity contribution in [3.63, 3.8) is 0 Å². The number of amides is 2. The lowest BCUT2D eigenvalue weighted by atomic mass is 10.1. The summed E-state index contributed by atoms with van der Waals surface area (Å²) in [6, 6.07) is 9.65.